The third kappa shape index (κ3) is 5.79. The highest BCUT2D eigenvalue weighted by Gasteiger charge is 2.33. The van der Waals surface area contributed by atoms with Crippen molar-refractivity contribution >= 4 is 34.4 Å². The minimum absolute atomic E-state index is 0.00814. The average molecular weight is 608 g/mol. The van der Waals surface area contributed by atoms with Crippen LogP contribution in [-0.4, -0.2) is 69.0 Å². The quantitative estimate of drug-likeness (QED) is 0.271. The second-order valence-electron chi connectivity index (χ2n) is 11.6. The Hall–Kier alpha value is -3.73. The fourth-order valence-electron chi connectivity index (χ4n) is 6.32. The van der Waals surface area contributed by atoms with Gasteiger partial charge < -0.3 is 24.4 Å². The molecular formula is C32H35ClFN5O4. The van der Waals surface area contributed by atoms with Crippen molar-refractivity contribution in [3.63, 3.8) is 0 Å². The molecule has 0 aliphatic carbocycles. The molecule has 43 heavy (non-hydrogen) atoms. The van der Waals surface area contributed by atoms with Gasteiger partial charge in [0.2, 0.25) is 0 Å². The summed E-state index contributed by atoms with van der Waals surface area (Å²) in [5, 5.41) is 19.5. The Kier molecular flexibility index (Phi) is 8.26. The predicted molar refractivity (Wildman–Crippen MR) is 162 cm³/mol. The Morgan fingerprint density at radius 3 is 2.65 bits per heavy atom. The first-order valence-electron chi connectivity index (χ1n) is 14.6. The molecular weight excluding hydrogens is 573 g/mol. The van der Waals surface area contributed by atoms with E-state index in [-0.39, 0.29) is 30.1 Å². The molecule has 0 saturated carbocycles. The summed E-state index contributed by atoms with van der Waals surface area (Å²) in [6.07, 6.45) is 1.86. The van der Waals surface area contributed by atoms with Gasteiger partial charge in [0, 0.05) is 30.8 Å². The number of fused-ring (bicyclic) bond motifs is 2. The number of aliphatic hydroxyl groups is 1. The summed E-state index contributed by atoms with van der Waals surface area (Å²) in [6, 6.07) is 13.9. The number of hydrogen-bond acceptors (Lipinski definition) is 7. The van der Waals surface area contributed by atoms with E-state index in [2.05, 4.69) is 20.9 Å². The van der Waals surface area contributed by atoms with E-state index >= 15 is 0 Å². The van der Waals surface area contributed by atoms with Crippen LogP contribution < -0.4 is 9.64 Å². The van der Waals surface area contributed by atoms with Crippen LogP contribution in [0, 0.1) is 11.7 Å². The van der Waals surface area contributed by atoms with Crippen molar-refractivity contribution in [2.75, 3.05) is 38.3 Å². The number of rotatable bonds is 8. The smallest absolute Gasteiger partial charge is 0.354 e. The maximum atomic E-state index is 14.9. The number of carboxylic acids is 1. The van der Waals surface area contributed by atoms with E-state index in [0.29, 0.717) is 47.4 Å². The van der Waals surface area contributed by atoms with Crippen LogP contribution >= 0.6 is 11.6 Å². The lowest BCUT2D eigenvalue weighted by Gasteiger charge is -2.40. The van der Waals surface area contributed by atoms with Gasteiger partial charge in [0.05, 0.1) is 18.3 Å². The fraction of sp³-hybridized carbons (Fsp3) is 0.406. The molecule has 2 aromatic heterocycles. The van der Waals surface area contributed by atoms with Gasteiger partial charge in [-0.15, -0.1) is 0 Å². The van der Waals surface area contributed by atoms with Gasteiger partial charge >= 0.3 is 5.97 Å². The molecule has 0 amide bonds. The Morgan fingerprint density at radius 1 is 1.14 bits per heavy atom. The molecule has 0 unspecified atom stereocenters. The van der Waals surface area contributed by atoms with Gasteiger partial charge in [-0.25, -0.2) is 19.2 Å². The molecule has 9 nitrogen and oxygen atoms in total. The number of likely N-dealkylation sites (N-methyl/N-ethyl adjacent to an activating group) is 1. The van der Waals surface area contributed by atoms with Crippen molar-refractivity contribution in [3.8, 4) is 5.75 Å². The predicted octanol–water partition coefficient (Wildman–Crippen LogP) is 5.50. The van der Waals surface area contributed by atoms with E-state index in [0.717, 1.165) is 43.2 Å². The topological polar surface area (TPSA) is 104 Å². The number of benzene rings is 2. The number of aliphatic hydroxyl groups excluding tert-OH is 1. The minimum Gasteiger partial charge on any atom is -0.489 e. The molecule has 2 aliphatic rings. The van der Waals surface area contributed by atoms with Crippen molar-refractivity contribution in [2.45, 2.75) is 44.8 Å². The molecule has 4 heterocycles. The van der Waals surface area contributed by atoms with Crippen LogP contribution in [0.4, 0.5) is 10.1 Å². The number of anilines is 1. The monoisotopic (exact) mass is 607 g/mol. The van der Waals surface area contributed by atoms with Gasteiger partial charge in [-0.2, -0.15) is 0 Å². The molecule has 1 saturated heterocycles. The molecule has 2 aromatic carbocycles. The SMILES string of the molecule is C[C@H](CO)Cn1c(CN2CCC(c3cccc4c3N(C)[C@H](c3ccc(Cl)cc3F)CO4)CC2)nc2ccc(C(=O)O)nc21. The lowest BCUT2D eigenvalue weighted by molar-refractivity contribution is 0.0690. The van der Waals surface area contributed by atoms with E-state index in [4.69, 9.17) is 21.3 Å². The zero-order valence-electron chi connectivity index (χ0n) is 24.2. The molecule has 0 radical (unpaired) electrons. The van der Waals surface area contributed by atoms with Crippen LogP contribution in [0.2, 0.25) is 5.02 Å². The van der Waals surface area contributed by atoms with Crippen LogP contribution in [0.5, 0.6) is 5.75 Å². The number of likely N-dealkylation sites (tertiary alicyclic amines) is 1. The number of carboxylic acid groups (broad SMARTS) is 1. The van der Waals surface area contributed by atoms with Crippen LogP contribution in [-0.2, 0) is 13.1 Å². The number of hydrogen-bond donors (Lipinski definition) is 2. The molecule has 2 aliphatic heterocycles. The zero-order chi connectivity index (χ0) is 30.2. The molecule has 1 fully saturated rings. The third-order valence-electron chi connectivity index (χ3n) is 8.66. The number of nitrogens with zero attached hydrogens (tertiary/aromatic N) is 5. The van der Waals surface area contributed by atoms with Gasteiger partial charge in [-0.1, -0.05) is 36.7 Å². The Morgan fingerprint density at radius 2 is 1.93 bits per heavy atom. The summed E-state index contributed by atoms with van der Waals surface area (Å²) < 4.78 is 23.0. The number of para-hydroxylation sites is 1. The van der Waals surface area contributed by atoms with Crippen molar-refractivity contribution in [1.29, 1.82) is 0 Å². The summed E-state index contributed by atoms with van der Waals surface area (Å²) in [4.78, 5) is 25.2. The number of aromatic carboxylic acids is 1. The highest BCUT2D eigenvalue weighted by molar-refractivity contribution is 6.30. The maximum absolute atomic E-state index is 14.9. The molecule has 0 spiro atoms. The lowest BCUT2D eigenvalue weighted by Crippen LogP contribution is -2.37. The van der Waals surface area contributed by atoms with Crippen molar-refractivity contribution in [2.24, 2.45) is 5.92 Å². The average Bonchev–Trinajstić information content (AvgIpc) is 3.33. The molecule has 2 atom stereocenters. The summed E-state index contributed by atoms with van der Waals surface area (Å²) >= 11 is 6.01. The largest absolute Gasteiger partial charge is 0.489 e. The first-order chi connectivity index (χ1) is 20.7. The van der Waals surface area contributed by atoms with Crippen LogP contribution in [0.25, 0.3) is 11.2 Å². The second kappa shape index (κ2) is 12.1. The van der Waals surface area contributed by atoms with E-state index in [9.17, 15) is 19.4 Å². The van der Waals surface area contributed by atoms with E-state index < -0.39 is 5.97 Å². The Balaban J connectivity index is 1.21. The summed E-state index contributed by atoms with van der Waals surface area (Å²) in [7, 11) is 2.00. The highest BCUT2D eigenvalue weighted by Crippen LogP contribution is 2.46. The van der Waals surface area contributed by atoms with E-state index in [1.165, 1.54) is 17.7 Å². The number of pyridine rings is 1. The molecule has 226 valence electrons. The number of halogens is 2. The maximum Gasteiger partial charge on any atom is 0.354 e. The second-order valence-corrected chi connectivity index (χ2v) is 12.1. The number of carbonyl (C=O) groups is 1. The number of ether oxygens (including phenoxy) is 1. The normalized spacial score (nSPS) is 18.4. The highest BCUT2D eigenvalue weighted by atomic mass is 35.5. The molecule has 6 rings (SSSR count). The van der Waals surface area contributed by atoms with Gasteiger partial charge in [-0.3, -0.25) is 4.90 Å². The first-order valence-corrected chi connectivity index (χ1v) is 15.0. The Bertz CT molecular complexity index is 1650. The van der Waals surface area contributed by atoms with E-state index in [1.807, 2.05) is 30.7 Å². The number of imidazole rings is 1. The van der Waals surface area contributed by atoms with Crippen molar-refractivity contribution < 1.29 is 24.1 Å². The van der Waals surface area contributed by atoms with Crippen molar-refractivity contribution in [3.05, 3.63) is 82.0 Å². The van der Waals surface area contributed by atoms with Gasteiger partial charge in [0.15, 0.2) is 11.3 Å². The summed E-state index contributed by atoms with van der Waals surface area (Å²) in [6.45, 7) is 5.08. The minimum atomic E-state index is -1.09. The fourth-order valence-corrected chi connectivity index (χ4v) is 6.48. The van der Waals surface area contributed by atoms with Crippen LogP contribution in [0.15, 0.2) is 48.5 Å². The van der Waals surface area contributed by atoms with Gasteiger partial charge in [0.25, 0.3) is 0 Å². The van der Waals surface area contributed by atoms with Crippen LogP contribution in [0.3, 0.4) is 0 Å². The van der Waals surface area contributed by atoms with Crippen molar-refractivity contribution in [1.82, 2.24) is 19.4 Å². The van der Waals surface area contributed by atoms with E-state index in [1.54, 1.807) is 18.2 Å². The lowest BCUT2D eigenvalue weighted by atomic mass is 9.87. The van der Waals surface area contributed by atoms with Gasteiger partial charge in [0.1, 0.15) is 29.5 Å². The van der Waals surface area contributed by atoms with Gasteiger partial charge in [-0.05, 0) is 73.7 Å². The molecule has 11 heteroatoms. The van der Waals surface area contributed by atoms with Crippen LogP contribution in [0.1, 0.15) is 59.2 Å². The third-order valence-corrected chi connectivity index (χ3v) is 8.89. The molecule has 4 aromatic rings. The first kappa shape index (κ1) is 29.3. The Labute approximate surface area is 254 Å². The molecule has 0 bridgehead atoms. The zero-order valence-corrected chi connectivity index (χ0v) is 25.0. The number of aromatic nitrogens is 3. The standard InChI is InChI=1S/C32H35ClFN5O4/c1-19(17-40)15-39-29(35-25-8-9-26(32(41)42)36-31(25)39)16-38-12-10-20(11-13-38)22-4-3-5-28-30(22)37(2)27(18-43-28)23-7-6-21(33)14-24(23)34/h3-9,14,19-20,27,40H,10-13,15-18H2,1-2H3,(H,41,42)/t19-,27-/m0/s1. The number of piperidine rings is 1. The summed E-state index contributed by atoms with van der Waals surface area (Å²) in [5.41, 5.74) is 3.91. The molecule has 2 N–H and O–H groups in total. The summed E-state index contributed by atoms with van der Waals surface area (Å²) in [5.74, 6) is 0.466.